The summed E-state index contributed by atoms with van der Waals surface area (Å²) in [6.07, 6.45) is 3.38. The van der Waals surface area contributed by atoms with Crippen molar-refractivity contribution in [1.29, 1.82) is 0 Å². The Kier molecular flexibility index (Phi) is 6.34. The van der Waals surface area contributed by atoms with E-state index in [1.165, 1.54) is 0 Å². The highest BCUT2D eigenvalue weighted by Gasteiger charge is 2.43. The number of carbonyl (C=O) groups excluding carboxylic acids is 2. The van der Waals surface area contributed by atoms with Gasteiger partial charge in [0.05, 0.1) is 18.8 Å². The number of fused-ring (bicyclic) bond motifs is 3. The summed E-state index contributed by atoms with van der Waals surface area (Å²) in [4.78, 5) is 29.5. The van der Waals surface area contributed by atoms with Crippen LogP contribution in [0, 0.1) is 0 Å². The van der Waals surface area contributed by atoms with E-state index in [2.05, 4.69) is 17.0 Å². The van der Waals surface area contributed by atoms with E-state index < -0.39 is 17.7 Å². The van der Waals surface area contributed by atoms with Crippen LogP contribution in [0.1, 0.15) is 66.9 Å². The van der Waals surface area contributed by atoms with Crippen molar-refractivity contribution in [3.63, 3.8) is 0 Å². The lowest BCUT2D eigenvalue weighted by molar-refractivity contribution is -0.160. The van der Waals surface area contributed by atoms with Gasteiger partial charge < -0.3 is 14.7 Å². The van der Waals surface area contributed by atoms with Crippen molar-refractivity contribution in [1.82, 2.24) is 9.80 Å². The Balaban J connectivity index is 1.39. The van der Waals surface area contributed by atoms with Crippen molar-refractivity contribution in [2.75, 3.05) is 19.7 Å². The molecule has 0 bridgehead atoms. The quantitative estimate of drug-likeness (QED) is 0.673. The fourth-order valence-electron chi connectivity index (χ4n) is 5.89. The predicted octanol–water partition coefficient (Wildman–Crippen LogP) is 3.97. The van der Waals surface area contributed by atoms with Crippen molar-refractivity contribution in [3.8, 4) is 0 Å². The highest BCUT2D eigenvalue weighted by molar-refractivity contribution is 6.05. The number of alkyl halides is 1. The van der Waals surface area contributed by atoms with Crippen LogP contribution in [0.4, 0.5) is 4.39 Å². The first-order chi connectivity index (χ1) is 16.4. The number of aliphatic hydroxyl groups is 1. The topological polar surface area (TPSA) is 70.1 Å². The summed E-state index contributed by atoms with van der Waals surface area (Å²) < 4.78 is 20.0. The largest absolute Gasteiger partial charge is 0.464 e. The summed E-state index contributed by atoms with van der Waals surface area (Å²) in [6, 6.07) is 10.0. The average Bonchev–Trinajstić information content (AvgIpc) is 3.17. The molecule has 182 valence electrons. The molecule has 1 aliphatic carbocycles. The van der Waals surface area contributed by atoms with Crippen molar-refractivity contribution in [2.45, 2.75) is 76.4 Å². The number of nitrogens with zero attached hydrogens (tertiary/aromatic N) is 2. The summed E-state index contributed by atoms with van der Waals surface area (Å²) in [5.74, 6) is -0.759. The number of carbonyl (C=O) groups is 2. The molecule has 1 N–H and O–H groups in total. The molecule has 5 rings (SSSR count). The number of likely N-dealkylation sites (tertiary alicyclic amines) is 1. The molecule has 0 spiro atoms. The number of benzene rings is 2. The first-order valence-electron chi connectivity index (χ1n) is 12.5. The second-order valence-electron chi connectivity index (χ2n) is 9.92. The fourth-order valence-corrected chi connectivity index (χ4v) is 5.89. The van der Waals surface area contributed by atoms with Gasteiger partial charge in [0.15, 0.2) is 0 Å². The van der Waals surface area contributed by atoms with Gasteiger partial charge in [-0.1, -0.05) is 37.1 Å². The lowest BCUT2D eigenvalue weighted by atomic mass is 9.91. The zero-order valence-corrected chi connectivity index (χ0v) is 19.8. The highest BCUT2D eigenvalue weighted by Crippen LogP contribution is 2.37. The number of hydrogen-bond donors (Lipinski definition) is 1. The molecule has 2 heterocycles. The third kappa shape index (κ3) is 4.09. The summed E-state index contributed by atoms with van der Waals surface area (Å²) in [7, 11) is 0. The zero-order chi connectivity index (χ0) is 23.9. The molecule has 1 saturated heterocycles. The van der Waals surface area contributed by atoms with Gasteiger partial charge in [-0.25, -0.2) is 9.18 Å². The molecule has 3 aliphatic rings. The third-order valence-electron chi connectivity index (χ3n) is 7.84. The van der Waals surface area contributed by atoms with Crippen LogP contribution in [0.3, 0.4) is 0 Å². The van der Waals surface area contributed by atoms with E-state index >= 15 is 4.39 Å². The van der Waals surface area contributed by atoms with E-state index in [-0.39, 0.29) is 31.4 Å². The van der Waals surface area contributed by atoms with Crippen LogP contribution in [0.5, 0.6) is 0 Å². The number of aliphatic hydroxyl groups excluding tert-OH is 1. The molecular formula is C27H33FN2O4. The van der Waals surface area contributed by atoms with Crippen molar-refractivity contribution >= 4 is 22.6 Å². The van der Waals surface area contributed by atoms with Gasteiger partial charge in [-0.2, -0.15) is 0 Å². The molecule has 2 fully saturated rings. The Morgan fingerprint density at radius 3 is 2.59 bits per heavy atom. The van der Waals surface area contributed by atoms with Gasteiger partial charge in [-0.3, -0.25) is 9.69 Å². The maximum Gasteiger partial charge on any atom is 0.343 e. The molecular weight excluding hydrogens is 435 g/mol. The Labute approximate surface area is 199 Å². The van der Waals surface area contributed by atoms with E-state index in [0.29, 0.717) is 26.2 Å². The number of esters is 1. The Hall–Kier alpha value is -2.51. The van der Waals surface area contributed by atoms with Crippen LogP contribution >= 0.6 is 0 Å². The summed E-state index contributed by atoms with van der Waals surface area (Å²) in [5.41, 5.74) is 0.876. The third-order valence-corrected chi connectivity index (χ3v) is 7.84. The van der Waals surface area contributed by atoms with E-state index in [1.807, 2.05) is 23.1 Å². The minimum absolute atomic E-state index is 0.00307. The van der Waals surface area contributed by atoms with Crippen LogP contribution in [-0.2, 0) is 22.6 Å². The molecule has 0 aromatic heterocycles. The number of piperidine rings is 1. The summed E-state index contributed by atoms with van der Waals surface area (Å²) in [6.45, 7) is 3.89. The minimum Gasteiger partial charge on any atom is -0.464 e. The van der Waals surface area contributed by atoms with E-state index in [1.54, 1.807) is 6.92 Å². The predicted molar refractivity (Wildman–Crippen MR) is 127 cm³/mol. The molecule has 34 heavy (non-hydrogen) atoms. The maximum absolute atomic E-state index is 15.0. The Morgan fingerprint density at radius 2 is 1.88 bits per heavy atom. The molecule has 1 amide bonds. The normalized spacial score (nSPS) is 24.9. The lowest BCUT2D eigenvalue weighted by Gasteiger charge is -2.35. The molecule has 2 atom stereocenters. The van der Waals surface area contributed by atoms with Crippen LogP contribution in [-0.4, -0.2) is 64.3 Å². The number of ether oxygens (including phenoxy) is 1. The maximum atomic E-state index is 15.0. The zero-order valence-electron chi connectivity index (χ0n) is 19.8. The molecule has 2 aromatic carbocycles. The monoisotopic (exact) mass is 468 g/mol. The minimum atomic E-state index is -1.91. The van der Waals surface area contributed by atoms with E-state index in [9.17, 15) is 14.7 Å². The second kappa shape index (κ2) is 9.27. The van der Waals surface area contributed by atoms with Crippen LogP contribution in [0.15, 0.2) is 30.3 Å². The Bertz CT molecular complexity index is 1100. The number of amides is 1. The number of rotatable bonds is 5. The molecule has 2 aromatic rings. The van der Waals surface area contributed by atoms with Gasteiger partial charge in [-0.05, 0) is 47.7 Å². The van der Waals surface area contributed by atoms with Gasteiger partial charge in [-0.15, -0.1) is 0 Å². The van der Waals surface area contributed by atoms with Crippen molar-refractivity contribution in [2.24, 2.45) is 0 Å². The van der Waals surface area contributed by atoms with E-state index in [0.717, 1.165) is 53.1 Å². The molecule has 0 radical (unpaired) electrons. The first kappa shape index (κ1) is 23.2. The number of halogens is 1. The molecule has 6 nitrogen and oxygen atoms in total. The molecule has 2 unspecified atom stereocenters. The smallest absolute Gasteiger partial charge is 0.343 e. The highest BCUT2D eigenvalue weighted by atomic mass is 19.1. The SMILES string of the molecule is CCOC(=O)C1(F)CCN(Cc2cc3c(c4ccccc24)CN(C2CCCCC2O)C3=O)CC1. The Morgan fingerprint density at radius 1 is 1.18 bits per heavy atom. The first-order valence-corrected chi connectivity index (χ1v) is 12.5. The van der Waals surface area contributed by atoms with Crippen LogP contribution in [0.2, 0.25) is 0 Å². The van der Waals surface area contributed by atoms with Gasteiger partial charge in [0.25, 0.3) is 5.91 Å². The van der Waals surface area contributed by atoms with E-state index in [4.69, 9.17) is 4.74 Å². The van der Waals surface area contributed by atoms with Crippen LogP contribution in [0.25, 0.3) is 10.8 Å². The van der Waals surface area contributed by atoms with Crippen molar-refractivity contribution in [3.05, 3.63) is 47.0 Å². The summed E-state index contributed by atoms with van der Waals surface area (Å²) in [5, 5.41) is 12.7. The standard InChI is InChI=1S/C27H33FN2O4/c1-2-34-26(33)27(28)11-13-29(14-12-27)16-18-15-21-22(20-8-4-3-7-19(18)20)17-30(25(21)32)23-9-5-6-10-24(23)31/h3-4,7-8,15,23-24,31H,2,5-6,9-14,16-17H2,1H3. The fraction of sp³-hybridized carbons (Fsp3) is 0.556. The average molecular weight is 469 g/mol. The summed E-state index contributed by atoms with van der Waals surface area (Å²) >= 11 is 0. The van der Waals surface area contributed by atoms with Crippen molar-refractivity contribution < 1.29 is 23.8 Å². The lowest BCUT2D eigenvalue weighted by Crippen LogP contribution is -2.47. The second-order valence-corrected chi connectivity index (χ2v) is 9.92. The van der Waals surface area contributed by atoms with Crippen LogP contribution < -0.4 is 0 Å². The molecule has 1 saturated carbocycles. The van der Waals surface area contributed by atoms with Gasteiger partial charge >= 0.3 is 5.97 Å². The molecule has 2 aliphatic heterocycles. The van der Waals surface area contributed by atoms with Gasteiger partial charge in [0.1, 0.15) is 0 Å². The van der Waals surface area contributed by atoms with Gasteiger partial charge in [0, 0.05) is 44.6 Å². The van der Waals surface area contributed by atoms with Gasteiger partial charge in [0.2, 0.25) is 5.67 Å². The number of hydrogen-bond acceptors (Lipinski definition) is 5. The molecule has 7 heteroatoms.